The second kappa shape index (κ2) is 7.22. The van der Waals surface area contributed by atoms with Gasteiger partial charge in [0.1, 0.15) is 17.9 Å². The van der Waals surface area contributed by atoms with E-state index in [2.05, 4.69) is 10.1 Å². The molecule has 0 aliphatic rings. The molecule has 0 spiro atoms. The Balaban J connectivity index is 2.40. The van der Waals surface area contributed by atoms with E-state index in [0.29, 0.717) is 17.8 Å². The van der Waals surface area contributed by atoms with Crippen LogP contribution in [0.1, 0.15) is 32.1 Å². The molecule has 0 aromatic carbocycles. The number of nitrogens with two attached hydrogens (primary N) is 1. The van der Waals surface area contributed by atoms with E-state index in [9.17, 15) is 5.11 Å². The van der Waals surface area contributed by atoms with E-state index in [1.165, 1.54) is 6.33 Å². The van der Waals surface area contributed by atoms with Gasteiger partial charge in [0.15, 0.2) is 11.6 Å². The fourth-order valence-electron chi connectivity index (χ4n) is 2.32. The average Bonchev–Trinajstić information content (AvgIpc) is 2.97. The largest absolute Gasteiger partial charge is 0.394 e. The zero-order valence-corrected chi connectivity index (χ0v) is 13.9. The number of anilines is 1. The van der Waals surface area contributed by atoms with Crippen molar-refractivity contribution in [1.29, 1.82) is 0 Å². The normalized spacial score (nSPS) is 15.0. The number of hydrogen-bond acceptors (Lipinski definition) is 7. The first kappa shape index (κ1) is 17.6. The molecule has 0 aliphatic carbocycles. The van der Waals surface area contributed by atoms with Crippen LogP contribution < -0.4 is 5.73 Å². The van der Waals surface area contributed by atoms with Gasteiger partial charge in [0, 0.05) is 20.6 Å². The van der Waals surface area contributed by atoms with Crippen LogP contribution in [0.3, 0.4) is 0 Å². The molecular formula is C15H24N4O4. The van der Waals surface area contributed by atoms with Crippen LogP contribution in [-0.2, 0) is 14.2 Å². The lowest BCUT2D eigenvalue weighted by molar-refractivity contribution is -0.232. The minimum atomic E-state index is -0.804. The highest BCUT2D eigenvalue weighted by molar-refractivity contribution is 5.65. The van der Waals surface area contributed by atoms with Crippen LogP contribution in [0.15, 0.2) is 18.5 Å². The Hall–Kier alpha value is -1.74. The molecule has 2 rings (SSSR count). The summed E-state index contributed by atoms with van der Waals surface area (Å²) in [6.45, 7) is 3.53. The van der Waals surface area contributed by atoms with E-state index < -0.39 is 11.9 Å². The second-order valence-electron chi connectivity index (χ2n) is 5.69. The van der Waals surface area contributed by atoms with Crippen LogP contribution >= 0.6 is 0 Å². The highest BCUT2D eigenvalue weighted by atomic mass is 16.7. The monoisotopic (exact) mass is 324 g/mol. The van der Waals surface area contributed by atoms with E-state index in [-0.39, 0.29) is 12.7 Å². The van der Waals surface area contributed by atoms with Crippen molar-refractivity contribution in [2.75, 3.05) is 26.6 Å². The van der Waals surface area contributed by atoms with Crippen LogP contribution in [0.5, 0.6) is 0 Å². The van der Waals surface area contributed by atoms with Crippen molar-refractivity contribution in [1.82, 2.24) is 14.6 Å². The average molecular weight is 324 g/mol. The minimum absolute atomic E-state index is 0.107. The molecule has 128 valence electrons. The Bertz CT molecular complexity index is 639. The standard InChI is InChI=1S/C15H24N4O4/c1-15(2,22-4)23-13(7-10(8-20)21-3)11-5-6-12-14(16)17-9-18-19(11)12/h5-6,9-10,13,20H,7-8H2,1-4H3,(H2,16,17,18). The lowest BCUT2D eigenvalue weighted by Gasteiger charge is -2.31. The molecule has 0 bridgehead atoms. The van der Waals surface area contributed by atoms with Gasteiger partial charge in [-0.2, -0.15) is 5.10 Å². The minimum Gasteiger partial charge on any atom is -0.394 e. The molecule has 0 fully saturated rings. The molecule has 2 atom stereocenters. The van der Waals surface area contributed by atoms with Gasteiger partial charge < -0.3 is 25.1 Å². The number of aromatic nitrogens is 3. The van der Waals surface area contributed by atoms with Gasteiger partial charge in [-0.05, 0) is 26.0 Å². The molecule has 0 saturated heterocycles. The third-order valence-electron chi connectivity index (χ3n) is 3.77. The molecule has 2 unspecified atom stereocenters. The predicted molar refractivity (Wildman–Crippen MR) is 84.8 cm³/mol. The zero-order chi connectivity index (χ0) is 17.0. The molecule has 2 aromatic rings. The van der Waals surface area contributed by atoms with Crippen LogP contribution in [0.25, 0.3) is 5.52 Å². The Labute approximate surface area is 135 Å². The molecule has 23 heavy (non-hydrogen) atoms. The number of rotatable bonds is 8. The predicted octanol–water partition coefficient (Wildman–Crippen LogP) is 1.15. The van der Waals surface area contributed by atoms with Crippen molar-refractivity contribution < 1.29 is 19.3 Å². The van der Waals surface area contributed by atoms with Crippen LogP contribution in [0.2, 0.25) is 0 Å². The molecule has 3 N–H and O–H groups in total. The quantitative estimate of drug-likeness (QED) is 0.702. The molecule has 2 heterocycles. The number of nitrogen functional groups attached to an aromatic ring is 1. The summed E-state index contributed by atoms with van der Waals surface area (Å²) in [5, 5.41) is 13.7. The molecule has 8 nitrogen and oxygen atoms in total. The van der Waals surface area contributed by atoms with Crippen LogP contribution in [-0.4, -0.2) is 52.4 Å². The zero-order valence-electron chi connectivity index (χ0n) is 13.9. The van der Waals surface area contributed by atoms with Crippen LogP contribution in [0.4, 0.5) is 5.82 Å². The van der Waals surface area contributed by atoms with Crippen molar-refractivity contribution in [3.05, 3.63) is 24.2 Å². The molecule has 0 radical (unpaired) electrons. The first-order valence-electron chi connectivity index (χ1n) is 7.36. The topological polar surface area (TPSA) is 104 Å². The van der Waals surface area contributed by atoms with E-state index >= 15 is 0 Å². The fourth-order valence-corrected chi connectivity index (χ4v) is 2.32. The highest BCUT2D eigenvalue weighted by Crippen LogP contribution is 2.30. The van der Waals surface area contributed by atoms with Gasteiger partial charge in [0.05, 0.1) is 18.4 Å². The van der Waals surface area contributed by atoms with Gasteiger partial charge in [0.25, 0.3) is 0 Å². The number of fused-ring (bicyclic) bond motifs is 1. The summed E-state index contributed by atoms with van der Waals surface area (Å²) in [7, 11) is 3.13. The Morgan fingerprint density at radius 2 is 2.09 bits per heavy atom. The van der Waals surface area contributed by atoms with E-state index in [1.807, 2.05) is 26.0 Å². The maximum absolute atomic E-state index is 9.42. The summed E-state index contributed by atoms with van der Waals surface area (Å²) in [6, 6.07) is 3.71. The van der Waals surface area contributed by atoms with Crippen molar-refractivity contribution in [3.8, 4) is 0 Å². The van der Waals surface area contributed by atoms with Crippen molar-refractivity contribution in [2.24, 2.45) is 0 Å². The van der Waals surface area contributed by atoms with Gasteiger partial charge in [-0.3, -0.25) is 0 Å². The summed E-state index contributed by atoms with van der Waals surface area (Å²) in [4.78, 5) is 3.98. The maximum Gasteiger partial charge on any atom is 0.163 e. The van der Waals surface area contributed by atoms with E-state index in [0.717, 1.165) is 5.69 Å². The Kier molecular flexibility index (Phi) is 5.53. The van der Waals surface area contributed by atoms with Crippen molar-refractivity contribution in [3.63, 3.8) is 0 Å². The third kappa shape index (κ3) is 3.97. The Morgan fingerprint density at radius 3 is 2.70 bits per heavy atom. The first-order valence-corrected chi connectivity index (χ1v) is 7.36. The molecule has 0 aliphatic heterocycles. The Morgan fingerprint density at radius 1 is 1.35 bits per heavy atom. The summed E-state index contributed by atoms with van der Waals surface area (Å²) in [6.07, 6.45) is 1.07. The van der Waals surface area contributed by atoms with E-state index in [4.69, 9.17) is 19.9 Å². The summed E-state index contributed by atoms with van der Waals surface area (Å²) in [5.74, 6) is -0.414. The number of hydrogen-bond donors (Lipinski definition) is 2. The van der Waals surface area contributed by atoms with E-state index in [1.54, 1.807) is 18.7 Å². The number of aliphatic hydroxyl groups is 1. The number of methoxy groups -OCH3 is 2. The smallest absolute Gasteiger partial charge is 0.163 e. The summed E-state index contributed by atoms with van der Waals surface area (Å²) < 4.78 is 18.4. The van der Waals surface area contributed by atoms with Crippen LogP contribution in [0, 0.1) is 0 Å². The third-order valence-corrected chi connectivity index (χ3v) is 3.77. The number of ether oxygens (including phenoxy) is 3. The first-order chi connectivity index (χ1) is 10.9. The van der Waals surface area contributed by atoms with Gasteiger partial charge in [-0.25, -0.2) is 9.50 Å². The lowest BCUT2D eigenvalue weighted by Crippen LogP contribution is -2.32. The summed E-state index contributed by atoms with van der Waals surface area (Å²) >= 11 is 0. The molecule has 2 aromatic heterocycles. The van der Waals surface area contributed by atoms with Crippen molar-refractivity contribution in [2.45, 2.75) is 38.3 Å². The van der Waals surface area contributed by atoms with Crippen molar-refractivity contribution >= 4 is 11.3 Å². The maximum atomic E-state index is 9.42. The highest BCUT2D eigenvalue weighted by Gasteiger charge is 2.29. The molecule has 0 amide bonds. The number of nitrogens with zero attached hydrogens (tertiary/aromatic N) is 3. The lowest BCUT2D eigenvalue weighted by atomic mass is 10.1. The van der Waals surface area contributed by atoms with Gasteiger partial charge in [-0.15, -0.1) is 0 Å². The SMILES string of the molecule is COC(CO)CC(OC(C)(C)OC)c1ccc2c(N)ncnn12. The molecular weight excluding hydrogens is 300 g/mol. The fraction of sp³-hybridized carbons (Fsp3) is 0.600. The van der Waals surface area contributed by atoms with Gasteiger partial charge in [-0.1, -0.05) is 0 Å². The summed E-state index contributed by atoms with van der Waals surface area (Å²) in [5.41, 5.74) is 7.36. The molecule has 0 saturated carbocycles. The number of aliphatic hydroxyl groups excluding tert-OH is 1. The second-order valence-corrected chi connectivity index (χ2v) is 5.69. The molecule has 8 heteroatoms. The van der Waals surface area contributed by atoms with Gasteiger partial charge in [0.2, 0.25) is 0 Å². The van der Waals surface area contributed by atoms with Gasteiger partial charge >= 0.3 is 0 Å².